The van der Waals surface area contributed by atoms with Gasteiger partial charge in [-0.15, -0.1) is 0 Å². The number of nitro groups is 1. The number of rotatable bonds is 4. The molecule has 0 aliphatic heterocycles. The molecular weight excluding hydrogens is 272 g/mol. The van der Waals surface area contributed by atoms with Crippen LogP contribution in [0.25, 0.3) is 5.03 Å². The van der Waals surface area contributed by atoms with E-state index < -0.39 is 10.9 Å². The van der Waals surface area contributed by atoms with Gasteiger partial charge in [0.25, 0.3) is 5.69 Å². The Bertz CT molecular complexity index is 572. The molecule has 0 bridgehead atoms. The van der Waals surface area contributed by atoms with Crippen molar-refractivity contribution in [1.82, 2.24) is 0 Å². The first-order valence-corrected chi connectivity index (χ1v) is 5.60. The number of hydrogen-bond acceptors (Lipinski definition) is 5. The van der Waals surface area contributed by atoms with Crippen molar-refractivity contribution in [1.29, 1.82) is 5.26 Å². The molecule has 0 spiro atoms. The first-order chi connectivity index (χ1) is 9.01. The maximum Gasteiger partial charge on any atom is 0.350 e. The SMILES string of the molecule is CCOC(=O)/C(C#N)=C(/Cl)c1ccc([N+](=O)[O-])cc1. The van der Waals surface area contributed by atoms with E-state index in [2.05, 4.69) is 4.74 Å². The van der Waals surface area contributed by atoms with Crippen LogP contribution in [0.2, 0.25) is 0 Å². The van der Waals surface area contributed by atoms with Gasteiger partial charge in [0.1, 0.15) is 6.07 Å². The van der Waals surface area contributed by atoms with Crippen molar-refractivity contribution in [2.45, 2.75) is 6.92 Å². The van der Waals surface area contributed by atoms with Gasteiger partial charge in [-0.3, -0.25) is 10.1 Å². The van der Waals surface area contributed by atoms with Crippen LogP contribution >= 0.6 is 11.6 Å². The van der Waals surface area contributed by atoms with E-state index in [4.69, 9.17) is 16.9 Å². The van der Waals surface area contributed by atoms with Crippen molar-refractivity contribution in [2.24, 2.45) is 0 Å². The van der Waals surface area contributed by atoms with Gasteiger partial charge in [-0.25, -0.2) is 4.79 Å². The number of hydrogen-bond donors (Lipinski definition) is 0. The maximum absolute atomic E-state index is 11.5. The van der Waals surface area contributed by atoms with E-state index >= 15 is 0 Å². The Morgan fingerprint density at radius 1 is 1.47 bits per heavy atom. The van der Waals surface area contributed by atoms with Crippen LogP contribution in [0.5, 0.6) is 0 Å². The van der Waals surface area contributed by atoms with E-state index in [-0.39, 0.29) is 22.9 Å². The molecule has 0 unspecified atom stereocenters. The Morgan fingerprint density at radius 2 is 2.05 bits per heavy atom. The van der Waals surface area contributed by atoms with Crippen molar-refractivity contribution in [3.8, 4) is 6.07 Å². The molecule has 0 saturated heterocycles. The molecule has 0 fully saturated rings. The number of nitro benzene ring substituents is 1. The molecule has 0 N–H and O–H groups in total. The molecule has 0 aromatic heterocycles. The van der Waals surface area contributed by atoms with Gasteiger partial charge in [0.05, 0.1) is 16.6 Å². The summed E-state index contributed by atoms with van der Waals surface area (Å²) in [7, 11) is 0. The predicted molar refractivity (Wildman–Crippen MR) is 68.1 cm³/mol. The summed E-state index contributed by atoms with van der Waals surface area (Å²) in [4.78, 5) is 21.4. The molecule has 0 amide bonds. The van der Waals surface area contributed by atoms with Gasteiger partial charge in [0, 0.05) is 12.1 Å². The third kappa shape index (κ3) is 3.53. The third-order valence-electron chi connectivity index (χ3n) is 2.14. The molecule has 98 valence electrons. The molecular formula is C12H9ClN2O4. The summed E-state index contributed by atoms with van der Waals surface area (Å²) in [5.74, 6) is -0.826. The smallest absolute Gasteiger partial charge is 0.350 e. The maximum atomic E-state index is 11.5. The fourth-order valence-electron chi connectivity index (χ4n) is 1.26. The largest absolute Gasteiger partial charge is 0.462 e. The van der Waals surface area contributed by atoms with Crippen LogP contribution in [0.15, 0.2) is 29.8 Å². The predicted octanol–water partition coefficient (Wildman–Crippen LogP) is 2.63. The Labute approximate surface area is 114 Å². The molecule has 1 aromatic carbocycles. The van der Waals surface area contributed by atoms with Crippen LogP contribution in [0.4, 0.5) is 5.69 Å². The van der Waals surface area contributed by atoms with Gasteiger partial charge in [-0.05, 0) is 24.6 Å². The highest BCUT2D eigenvalue weighted by atomic mass is 35.5. The number of ether oxygens (including phenoxy) is 1. The zero-order valence-electron chi connectivity index (χ0n) is 9.92. The lowest BCUT2D eigenvalue weighted by Crippen LogP contribution is -2.07. The summed E-state index contributed by atoms with van der Waals surface area (Å²) < 4.78 is 4.69. The van der Waals surface area contributed by atoms with Gasteiger partial charge in [-0.2, -0.15) is 5.26 Å². The first-order valence-electron chi connectivity index (χ1n) is 5.23. The minimum Gasteiger partial charge on any atom is -0.462 e. The van der Waals surface area contributed by atoms with E-state index in [1.165, 1.54) is 24.3 Å². The summed E-state index contributed by atoms with van der Waals surface area (Å²) in [6.07, 6.45) is 0. The molecule has 7 heteroatoms. The Hall–Kier alpha value is -2.39. The fourth-order valence-corrected chi connectivity index (χ4v) is 1.51. The summed E-state index contributed by atoms with van der Waals surface area (Å²) in [6.45, 7) is 1.72. The van der Waals surface area contributed by atoms with Crippen LogP contribution in [0, 0.1) is 21.4 Å². The highest BCUT2D eigenvalue weighted by Gasteiger charge is 2.17. The van der Waals surface area contributed by atoms with Gasteiger partial charge in [0.2, 0.25) is 0 Å². The van der Waals surface area contributed by atoms with E-state index in [0.717, 1.165) is 0 Å². The Kier molecular flexibility index (Phi) is 5.03. The number of esters is 1. The quantitative estimate of drug-likeness (QED) is 0.278. The minimum absolute atomic E-state index is 0.101. The molecule has 0 heterocycles. The number of non-ortho nitro benzene ring substituents is 1. The van der Waals surface area contributed by atoms with E-state index in [1.807, 2.05) is 0 Å². The number of carbonyl (C=O) groups is 1. The van der Waals surface area contributed by atoms with Crippen LogP contribution < -0.4 is 0 Å². The van der Waals surface area contributed by atoms with Crippen molar-refractivity contribution in [2.75, 3.05) is 6.61 Å². The van der Waals surface area contributed by atoms with Gasteiger partial charge in [-0.1, -0.05) is 11.6 Å². The van der Waals surface area contributed by atoms with E-state index in [9.17, 15) is 14.9 Å². The molecule has 6 nitrogen and oxygen atoms in total. The molecule has 0 aliphatic carbocycles. The number of halogens is 1. The second-order valence-corrected chi connectivity index (χ2v) is 3.70. The lowest BCUT2D eigenvalue weighted by atomic mass is 10.1. The van der Waals surface area contributed by atoms with Crippen molar-refractivity contribution >= 4 is 28.3 Å². The molecule has 0 atom stereocenters. The molecule has 19 heavy (non-hydrogen) atoms. The highest BCUT2D eigenvalue weighted by molar-refractivity contribution is 6.51. The normalized spacial score (nSPS) is 11.2. The number of nitriles is 1. The summed E-state index contributed by atoms with van der Waals surface area (Å²) in [6, 6.07) is 6.85. The Morgan fingerprint density at radius 3 is 2.47 bits per heavy atom. The standard InChI is InChI=1S/C12H9ClN2O4/c1-2-19-12(16)10(7-14)11(13)8-3-5-9(6-4-8)15(17)18/h3-6H,2H2,1H3/b11-10+. The lowest BCUT2D eigenvalue weighted by molar-refractivity contribution is -0.384. The number of nitrogens with zero attached hydrogens (tertiary/aromatic N) is 2. The number of carbonyl (C=O) groups excluding carboxylic acids is 1. The minimum atomic E-state index is -0.826. The number of benzene rings is 1. The third-order valence-corrected chi connectivity index (χ3v) is 2.55. The monoisotopic (exact) mass is 280 g/mol. The van der Waals surface area contributed by atoms with Crippen LogP contribution in [0.3, 0.4) is 0 Å². The average Bonchev–Trinajstić information content (AvgIpc) is 2.39. The van der Waals surface area contributed by atoms with Crippen LogP contribution in [0.1, 0.15) is 12.5 Å². The van der Waals surface area contributed by atoms with Crippen LogP contribution in [-0.4, -0.2) is 17.5 Å². The fraction of sp³-hybridized carbons (Fsp3) is 0.167. The molecule has 0 aliphatic rings. The summed E-state index contributed by atoms with van der Waals surface area (Å²) in [5, 5.41) is 19.3. The molecule has 1 rings (SSSR count). The van der Waals surface area contributed by atoms with Gasteiger partial charge in [0.15, 0.2) is 5.57 Å². The van der Waals surface area contributed by atoms with Crippen molar-refractivity contribution < 1.29 is 14.5 Å². The average molecular weight is 281 g/mol. The summed E-state index contributed by atoms with van der Waals surface area (Å²) >= 11 is 5.92. The molecule has 0 saturated carbocycles. The summed E-state index contributed by atoms with van der Waals surface area (Å²) in [5.41, 5.74) is -0.114. The lowest BCUT2D eigenvalue weighted by Gasteiger charge is -2.03. The van der Waals surface area contributed by atoms with E-state index in [0.29, 0.717) is 5.56 Å². The van der Waals surface area contributed by atoms with Gasteiger partial charge < -0.3 is 4.74 Å². The molecule has 0 radical (unpaired) electrons. The zero-order valence-corrected chi connectivity index (χ0v) is 10.7. The Balaban J connectivity index is 3.16. The van der Waals surface area contributed by atoms with Gasteiger partial charge >= 0.3 is 5.97 Å². The second kappa shape index (κ2) is 6.52. The van der Waals surface area contributed by atoms with Crippen molar-refractivity contribution in [3.05, 3.63) is 45.5 Å². The van der Waals surface area contributed by atoms with E-state index in [1.54, 1.807) is 13.0 Å². The van der Waals surface area contributed by atoms with Crippen LogP contribution in [-0.2, 0) is 9.53 Å². The highest BCUT2D eigenvalue weighted by Crippen LogP contribution is 2.25. The van der Waals surface area contributed by atoms with Crippen molar-refractivity contribution in [3.63, 3.8) is 0 Å². The second-order valence-electron chi connectivity index (χ2n) is 3.33. The first kappa shape index (κ1) is 14.7. The zero-order chi connectivity index (χ0) is 14.4. The molecule has 1 aromatic rings. The topological polar surface area (TPSA) is 93.2 Å².